The predicted molar refractivity (Wildman–Crippen MR) is 77.9 cm³/mol. The van der Waals surface area contributed by atoms with Crippen molar-refractivity contribution >= 4 is 26.5 Å². The number of halogens is 4. The monoisotopic (exact) mass is 373 g/mol. The number of rotatable bonds is 4. The Morgan fingerprint density at radius 2 is 2.00 bits per heavy atom. The van der Waals surface area contributed by atoms with Gasteiger partial charge in [-0.05, 0) is 20.8 Å². The van der Waals surface area contributed by atoms with E-state index in [1.165, 1.54) is 0 Å². The molecule has 0 amide bonds. The molecule has 0 aromatic carbocycles. The van der Waals surface area contributed by atoms with E-state index in [4.69, 9.17) is 16.4 Å². The normalized spacial score (nSPS) is 18.9. The summed E-state index contributed by atoms with van der Waals surface area (Å²) in [6.45, 7) is 4.78. The predicted octanol–water partition coefficient (Wildman–Crippen LogP) is 3.39. The van der Waals surface area contributed by atoms with Gasteiger partial charge in [0.05, 0.1) is 5.56 Å². The van der Waals surface area contributed by atoms with E-state index in [9.17, 15) is 21.6 Å². The number of oxime groups is 1. The molecule has 1 aromatic heterocycles. The number of hydrogen-bond acceptors (Lipinski definition) is 5. The first kappa shape index (κ1) is 18.1. The van der Waals surface area contributed by atoms with E-state index < -0.39 is 48.8 Å². The van der Waals surface area contributed by atoms with Crippen LogP contribution in [0.1, 0.15) is 50.4 Å². The van der Waals surface area contributed by atoms with Gasteiger partial charge in [-0.2, -0.15) is 5.10 Å². The third-order valence-corrected chi connectivity index (χ3v) is 5.31. The number of alkyl halides is 3. The minimum atomic E-state index is -4.65. The van der Waals surface area contributed by atoms with Gasteiger partial charge in [0, 0.05) is 13.0 Å². The zero-order chi connectivity index (χ0) is 17.6. The number of nitrogens with zero attached hydrogens (tertiary/aromatic N) is 3. The van der Waals surface area contributed by atoms with Gasteiger partial charge in [0.15, 0.2) is 5.04 Å². The fourth-order valence-corrected chi connectivity index (χ4v) is 3.97. The SMILES string of the molecule is CCn1nc(C(F)F)c(C(F)S(=O)(=O)C2=NOC(C)(C)C2)c1Cl. The molecule has 1 aliphatic rings. The molecule has 0 spiro atoms. The second-order valence-electron chi connectivity index (χ2n) is 5.58. The molecule has 0 saturated carbocycles. The van der Waals surface area contributed by atoms with Gasteiger partial charge >= 0.3 is 0 Å². The van der Waals surface area contributed by atoms with E-state index in [1.807, 2.05) is 0 Å². The lowest BCUT2D eigenvalue weighted by Crippen LogP contribution is -2.25. The van der Waals surface area contributed by atoms with Crippen LogP contribution < -0.4 is 0 Å². The molecule has 1 atom stereocenters. The Balaban J connectivity index is 2.48. The molecule has 2 heterocycles. The molecule has 0 saturated heterocycles. The topological polar surface area (TPSA) is 73.5 Å². The highest BCUT2D eigenvalue weighted by Gasteiger charge is 2.44. The summed E-state index contributed by atoms with van der Waals surface area (Å²) in [5, 5.41) is 5.83. The van der Waals surface area contributed by atoms with Crippen molar-refractivity contribution in [3.63, 3.8) is 0 Å². The summed E-state index contributed by atoms with van der Waals surface area (Å²) in [6.07, 6.45) is -3.33. The summed E-state index contributed by atoms with van der Waals surface area (Å²) >= 11 is 5.83. The fraction of sp³-hybridized carbons (Fsp3) is 0.667. The highest BCUT2D eigenvalue weighted by Crippen LogP contribution is 2.39. The van der Waals surface area contributed by atoms with Crippen molar-refractivity contribution in [2.75, 3.05) is 0 Å². The minimum absolute atomic E-state index is 0.0857. The van der Waals surface area contributed by atoms with Gasteiger partial charge in [-0.15, -0.1) is 0 Å². The van der Waals surface area contributed by atoms with Gasteiger partial charge in [0.2, 0.25) is 15.3 Å². The van der Waals surface area contributed by atoms with Crippen LogP contribution >= 0.6 is 11.6 Å². The lowest BCUT2D eigenvalue weighted by molar-refractivity contribution is 0.0123. The number of aryl methyl sites for hydroxylation is 1. The van der Waals surface area contributed by atoms with Crippen molar-refractivity contribution in [2.45, 2.75) is 51.3 Å². The quantitative estimate of drug-likeness (QED) is 0.810. The van der Waals surface area contributed by atoms with Crippen molar-refractivity contribution in [1.29, 1.82) is 0 Å². The third-order valence-electron chi connectivity index (χ3n) is 3.26. The molecular formula is C12H15ClF3N3O3S. The minimum Gasteiger partial charge on any atom is -0.389 e. The Hall–Kier alpha value is -1.29. The van der Waals surface area contributed by atoms with Crippen LogP contribution in [0.25, 0.3) is 0 Å². The van der Waals surface area contributed by atoms with Crippen molar-refractivity contribution in [2.24, 2.45) is 5.16 Å². The highest BCUT2D eigenvalue weighted by atomic mass is 35.5. The van der Waals surface area contributed by atoms with E-state index in [1.54, 1.807) is 20.8 Å². The van der Waals surface area contributed by atoms with Gasteiger partial charge in [0.25, 0.3) is 6.43 Å². The first-order chi connectivity index (χ1) is 10.5. The molecule has 1 unspecified atom stereocenters. The summed E-state index contributed by atoms with van der Waals surface area (Å²) < 4.78 is 66.3. The van der Waals surface area contributed by atoms with E-state index in [2.05, 4.69) is 10.3 Å². The molecule has 0 fully saturated rings. The second kappa shape index (κ2) is 5.97. The van der Waals surface area contributed by atoms with Gasteiger partial charge < -0.3 is 4.84 Å². The van der Waals surface area contributed by atoms with Crippen LogP contribution in [0.15, 0.2) is 5.16 Å². The van der Waals surface area contributed by atoms with Crippen LogP contribution in [0, 0.1) is 0 Å². The van der Waals surface area contributed by atoms with E-state index in [0.29, 0.717) is 0 Å². The van der Waals surface area contributed by atoms with Gasteiger partial charge in [0.1, 0.15) is 16.4 Å². The van der Waals surface area contributed by atoms with E-state index in [0.717, 1.165) is 4.68 Å². The zero-order valence-electron chi connectivity index (χ0n) is 12.6. The molecule has 0 radical (unpaired) electrons. The van der Waals surface area contributed by atoms with Crippen LogP contribution in [0.4, 0.5) is 13.2 Å². The molecule has 0 bridgehead atoms. The Morgan fingerprint density at radius 3 is 2.43 bits per heavy atom. The van der Waals surface area contributed by atoms with Crippen LogP contribution in [-0.2, 0) is 21.2 Å². The van der Waals surface area contributed by atoms with Gasteiger partial charge in [-0.3, -0.25) is 4.68 Å². The molecule has 1 aromatic rings. The Bertz CT molecular complexity index is 746. The number of sulfone groups is 1. The molecule has 0 N–H and O–H groups in total. The average Bonchev–Trinajstić information content (AvgIpc) is 2.98. The standard InChI is InChI=1S/C12H15ClF3N3O3S/c1-4-19-9(13)7(8(17-19)10(14)15)11(16)23(20,21)6-5-12(2,3)22-18-6/h10-11H,4-5H2,1-3H3. The number of aromatic nitrogens is 2. The van der Waals surface area contributed by atoms with Crippen LogP contribution in [0.5, 0.6) is 0 Å². The van der Waals surface area contributed by atoms with E-state index >= 15 is 0 Å². The summed E-state index contributed by atoms with van der Waals surface area (Å²) in [4.78, 5) is 4.90. The van der Waals surface area contributed by atoms with Crippen molar-refractivity contribution in [3.8, 4) is 0 Å². The number of hydrogen-bond donors (Lipinski definition) is 0. The highest BCUT2D eigenvalue weighted by molar-refractivity contribution is 8.06. The molecular weight excluding hydrogens is 359 g/mol. The van der Waals surface area contributed by atoms with Crippen molar-refractivity contribution in [1.82, 2.24) is 9.78 Å². The molecule has 11 heteroatoms. The first-order valence-corrected chi connectivity index (χ1v) is 8.61. The average molecular weight is 374 g/mol. The lowest BCUT2D eigenvalue weighted by Gasteiger charge is -2.14. The fourth-order valence-electron chi connectivity index (χ4n) is 2.08. The summed E-state index contributed by atoms with van der Waals surface area (Å²) in [5.41, 5.74) is -5.55. The molecule has 1 aliphatic heterocycles. The maximum Gasteiger partial charge on any atom is 0.282 e. The Morgan fingerprint density at radius 1 is 1.39 bits per heavy atom. The Kier molecular flexibility index (Phi) is 4.69. The smallest absolute Gasteiger partial charge is 0.282 e. The molecule has 6 nitrogen and oxygen atoms in total. The largest absolute Gasteiger partial charge is 0.389 e. The second-order valence-corrected chi connectivity index (χ2v) is 7.91. The van der Waals surface area contributed by atoms with Crippen LogP contribution in [0.2, 0.25) is 5.15 Å². The summed E-state index contributed by atoms with van der Waals surface area (Å²) in [5.74, 6) is 0. The Labute approximate surface area is 136 Å². The zero-order valence-corrected chi connectivity index (χ0v) is 14.1. The maximum absolute atomic E-state index is 14.7. The van der Waals surface area contributed by atoms with Gasteiger partial charge in [-0.1, -0.05) is 16.8 Å². The summed E-state index contributed by atoms with van der Waals surface area (Å²) in [6, 6.07) is 0. The first-order valence-electron chi connectivity index (χ1n) is 6.68. The van der Waals surface area contributed by atoms with Crippen LogP contribution in [-0.4, -0.2) is 28.8 Å². The van der Waals surface area contributed by atoms with Crippen molar-refractivity contribution in [3.05, 3.63) is 16.4 Å². The van der Waals surface area contributed by atoms with Gasteiger partial charge in [-0.25, -0.2) is 21.6 Å². The lowest BCUT2D eigenvalue weighted by atomic mass is 10.1. The summed E-state index contributed by atoms with van der Waals surface area (Å²) in [7, 11) is -4.65. The maximum atomic E-state index is 14.7. The van der Waals surface area contributed by atoms with Crippen LogP contribution in [0.3, 0.4) is 0 Å². The van der Waals surface area contributed by atoms with Crippen molar-refractivity contribution < 1.29 is 26.4 Å². The van der Waals surface area contributed by atoms with E-state index in [-0.39, 0.29) is 13.0 Å². The molecule has 0 aliphatic carbocycles. The molecule has 130 valence electrons. The molecule has 2 rings (SSSR count). The molecule has 23 heavy (non-hydrogen) atoms. The third kappa shape index (κ3) is 3.18.